The average molecular weight is 346 g/mol. The lowest BCUT2D eigenvalue weighted by Crippen LogP contribution is -2.42. The SMILES string of the molecule is C=C(C(=O)OC)[C@H](C)[C@@H](O)[C@H](OCc1ccccc1)C1CCCCC1. The van der Waals surface area contributed by atoms with Crippen molar-refractivity contribution in [1.82, 2.24) is 0 Å². The molecule has 0 aliphatic heterocycles. The third-order valence-corrected chi connectivity index (χ3v) is 5.25. The molecular formula is C21H30O4. The van der Waals surface area contributed by atoms with Crippen LogP contribution in [0.15, 0.2) is 42.5 Å². The summed E-state index contributed by atoms with van der Waals surface area (Å²) in [5.41, 5.74) is 1.37. The molecule has 1 saturated carbocycles. The molecule has 1 aliphatic carbocycles. The van der Waals surface area contributed by atoms with Crippen LogP contribution in [0.5, 0.6) is 0 Å². The van der Waals surface area contributed by atoms with Crippen molar-refractivity contribution in [3.63, 3.8) is 0 Å². The summed E-state index contributed by atoms with van der Waals surface area (Å²) in [4.78, 5) is 11.8. The molecule has 1 aromatic carbocycles. The molecule has 2 rings (SSSR count). The molecule has 1 fully saturated rings. The van der Waals surface area contributed by atoms with Gasteiger partial charge in [0.05, 0.1) is 25.9 Å². The van der Waals surface area contributed by atoms with E-state index >= 15 is 0 Å². The molecule has 1 aliphatic rings. The predicted molar refractivity (Wildman–Crippen MR) is 97.9 cm³/mol. The van der Waals surface area contributed by atoms with Crippen molar-refractivity contribution in [2.45, 2.75) is 57.8 Å². The fraction of sp³-hybridized carbons (Fsp3) is 0.571. The summed E-state index contributed by atoms with van der Waals surface area (Å²) in [7, 11) is 1.33. The van der Waals surface area contributed by atoms with E-state index in [0.717, 1.165) is 31.2 Å². The van der Waals surface area contributed by atoms with Crippen molar-refractivity contribution in [2.24, 2.45) is 11.8 Å². The highest BCUT2D eigenvalue weighted by Crippen LogP contribution is 2.33. The molecule has 4 nitrogen and oxygen atoms in total. The van der Waals surface area contributed by atoms with Crippen LogP contribution in [0.1, 0.15) is 44.6 Å². The van der Waals surface area contributed by atoms with E-state index in [0.29, 0.717) is 18.1 Å². The Kier molecular flexibility index (Phi) is 7.66. The van der Waals surface area contributed by atoms with E-state index in [1.165, 1.54) is 13.5 Å². The number of benzene rings is 1. The maximum atomic E-state index is 11.8. The molecular weight excluding hydrogens is 316 g/mol. The standard InChI is InChI=1S/C21H30O4/c1-15(16(2)21(23)24-3)19(22)20(18-12-8-5-9-13-18)25-14-17-10-6-4-7-11-17/h4,6-7,10-11,15,18-20,22H,2,5,8-9,12-14H2,1,3H3/t15-,19+,20+/m0/s1. The second kappa shape index (κ2) is 9.73. The van der Waals surface area contributed by atoms with Gasteiger partial charge in [0, 0.05) is 11.5 Å². The van der Waals surface area contributed by atoms with E-state index in [1.807, 2.05) is 37.3 Å². The fourth-order valence-electron chi connectivity index (χ4n) is 3.55. The molecule has 0 bridgehead atoms. The maximum Gasteiger partial charge on any atom is 0.333 e. The second-order valence-electron chi connectivity index (χ2n) is 6.96. The van der Waals surface area contributed by atoms with Crippen molar-refractivity contribution in [1.29, 1.82) is 0 Å². The lowest BCUT2D eigenvalue weighted by atomic mass is 9.79. The van der Waals surface area contributed by atoms with Crippen molar-refractivity contribution < 1.29 is 19.4 Å². The molecule has 0 heterocycles. The quantitative estimate of drug-likeness (QED) is 0.573. The Hall–Kier alpha value is -1.65. The predicted octanol–water partition coefficient (Wildman–Crippen LogP) is 3.88. The van der Waals surface area contributed by atoms with E-state index in [2.05, 4.69) is 6.58 Å². The second-order valence-corrected chi connectivity index (χ2v) is 6.96. The van der Waals surface area contributed by atoms with Crippen LogP contribution in [-0.4, -0.2) is 30.4 Å². The minimum atomic E-state index is -0.779. The lowest BCUT2D eigenvalue weighted by molar-refractivity contribution is -0.138. The number of rotatable bonds is 8. The summed E-state index contributed by atoms with van der Waals surface area (Å²) in [6.45, 7) is 6.07. The summed E-state index contributed by atoms with van der Waals surface area (Å²) in [6, 6.07) is 9.96. The first-order valence-electron chi connectivity index (χ1n) is 9.15. The molecule has 25 heavy (non-hydrogen) atoms. The smallest absolute Gasteiger partial charge is 0.333 e. The minimum Gasteiger partial charge on any atom is -0.466 e. The van der Waals surface area contributed by atoms with Gasteiger partial charge in [-0.3, -0.25) is 0 Å². The van der Waals surface area contributed by atoms with Crippen molar-refractivity contribution >= 4 is 5.97 Å². The molecule has 0 saturated heterocycles. The van der Waals surface area contributed by atoms with Crippen LogP contribution in [0, 0.1) is 11.8 Å². The van der Waals surface area contributed by atoms with Crippen LogP contribution in [-0.2, 0) is 20.9 Å². The van der Waals surface area contributed by atoms with Gasteiger partial charge in [0.15, 0.2) is 0 Å². The topological polar surface area (TPSA) is 55.8 Å². The van der Waals surface area contributed by atoms with Gasteiger partial charge in [-0.15, -0.1) is 0 Å². The van der Waals surface area contributed by atoms with E-state index in [1.54, 1.807) is 0 Å². The number of ether oxygens (including phenoxy) is 2. The molecule has 0 unspecified atom stereocenters. The Morgan fingerprint density at radius 3 is 2.48 bits per heavy atom. The first-order valence-corrected chi connectivity index (χ1v) is 9.15. The number of carbonyl (C=O) groups is 1. The van der Waals surface area contributed by atoms with Crippen molar-refractivity contribution in [2.75, 3.05) is 7.11 Å². The van der Waals surface area contributed by atoms with Gasteiger partial charge in [-0.2, -0.15) is 0 Å². The fourth-order valence-corrected chi connectivity index (χ4v) is 3.55. The minimum absolute atomic E-state index is 0.291. The van der Waals surface area contributed by atoms with E-state index in [-0.39, 0.29) is 6.10 Å². The van der Waals surface area contributed by atoms with Crippen LogP contribution in [0.2, 0.25) is 0 Å². The highest BCUT2D eigenvalue weighted by Gasteiger charge is 2.35. The van der Waals surface area contributed by atoms with Crippen molar-refractivity contribution in [3.05, 3.63) is 48.0 Å². The first kappa shape index (κ1) is 19.7. The Bertz CT molecular complexity index is 548. The van der Waals surface area contributed by atoms with Gasteiger partial charge in [-0.05, 0) is 24.3 Å². The van der Waals surface area contributed by atoms with Gasteiger partial charge in [0.1, 0.15) is 0 Å². The van der Waals surface area contributed by atoms with Gasteiger partial charge in [-0.1, -0.05) is 63.1 Å². The maximum absolute atomic E-state index is 11.8. The van der Waals surface area contributed by atoms with Crippen LogP contribution in [0.25, 0.3) is 0 Å². The number of aliphatic hydroxyl groups is 1. The average Bonchev–Trinajstić information content (AvgIpc) is 2.67. The summed E-state index contributed by atoms with van der Waals surface area (Å²) in [5, 5.41) is 10.9. The van der Waals surface area contributed by atoms with Crippen LogP contribution < -0.4 is 0 Å². The zero-order valence-corrected chi connectivity index (χ0v) is 15.3. The Labute approximate surface area is 150 Å². The summed E-state index contributed by atoms with van der Waals surface area (Å²) in [6.07, 6.45) is 4.57. The highest BCUT2D eigenvalue weighted by atomic mass is 16.5. The number of methoxy groups -OCH3 is 1. The van der Waals surface area contributed by atoms with Gasteiger partial charge < -0.3 is 14.6 Å². The molecule has 0 spiro atoms. The van der Waals surface area contributed by atoms with E-state index in [9.17, 15) is 9.90 Å². The zero-order valence-electron chi connectivity index (χ0n) is 15.3. The Morgan fingerprint density at radius 2 is 1.88 bits per heavy atom. The van der Waals surface area contributed by atoms with Gasteiger partial charge >= 0.3 is 5.97 Å². The van der Waals surface area contributed by atoms with Gasteiger partial charge in [0.25, 0.3) is 0 Å². The van der Waals surface area contributed by atoms with E-state index < -0.39 is 18.0 Å². The molecule has 138 valence electrons. The largest absolute Gasteiger partial charge is 0.466 e. The Morgan fingerprint density at radius 1 is 1.24 bits per heavy atom. The first-order chi connectivity index (χ1) is 12.0. The normalized spacial score (nSPS) is 19.0. The highest BCUT2D eigenvalue weighted by molar-refractivity contribution is 5.88. The van der Waals surface area contributed by atoms with Gasteiger partial charge in [-0.25, -0.2) is 4.79 Å². The Balaban J connectivity index is 2.09. The molecule has 0 radical (unpaired) electrons. The summed E-state index contributed by atoms with van der Waals surface area (Å²) in [5.74, 6) is -0.576. The monoisotopic (exact) mass is 346 g/mol. The number of esters is 1. The molecule has 1 aromatic rings. The third-order valence-electron chi connectivity index (χ3n) is 5.25. The number of carbonyl (C=O) groups excluding carboxylic acids is 1. The molecule has 0 amide bonds. The molecule has 4 heteroatoms. The number of hydrogen-bond acceptors (Lipinski definition) is 4. The van der Waals surface area contributed by atoms with Crippen molar-refractivity contribution in [3.8, 4) is 0 Å². The van der Waals surface area contributed by atoms with Crippen LogP contribution >= 0.6 is 0 Å². The summed E-state index contributed by atoms with van der Waals surface area (Å²) < 4.78 is 10.9. The third kappa shape index (κ3) is 5.41. The van der Waals surface area contributed by atoms with Crippen LogP contribution in [0.4, 0.5) is 0 Å². The molecule has 0 aromatic heterocycles. The zero-order chi connectivity index (χ0) is 18.2. The number of hydrogen-bond donors (Lipinski definition) is 1. The number of aliphatic hydroxyl groups excluding tert-OH is 1. The molecule has 1 N–H and O–H groups in total. The van der Waals surface area contributed by atoms with Crippen LogP contribution in [0.3, 0.4) is 0 Å². The summed E-state index contributed by atoms with van der Waals surface area (Å²) >= 11 is 0. The van der Waals surface area contributed by atoms with E-state index in [4.69, 9.17) is 9.47 Å². The lowest BCUT2D eigenvalue weighted by Gasteiger charge is -2.36. The van der Waals surface area contributed by atoms with Gasteiger partial charge in [0.2, 0.25) is 0 Å². The molecule has 3 atom stereocenters.